The standard InChI is InChI=1S/C15H16O/c1-10-9-14(11(2)12(3)15(10)16)13-7-5-4-6-8-13/h4-9,16H,1-3H3. The van der Waals surface area contributed by atoms with Crippen LogP contribution in [0.15, 0.2) is 36.4 Å². The molecular weight excluding hydrogens is 196 g/mol. The molecule has 16 heavy (non-hydrogen) atoms. The highest BCUT2D eigenvalue weighted by molar-refractivity contribution is 5.71. The Morgan fingerprint density at radius 2 is 1.50 bits per heavy atom. The number of hydrogen-bond acceptors (Lipinski definition) is 1. The first-order chi connectivity index (χ1) is 7.61. The van der Waals surface area contributed by atoms with Crippen molar-refractivity contribution >= 4 is 0 Å². The van der Waals surface area contributed by atoms with Crippen LogP contribution in [-0.2, 0) is 0 Å². The van der Waals surface area contributed by atoms with Crippen molar-refractivity contribution in [3.63, 3.8) is 0 Å². The van der Waals surface area contributed by atoms with Gasteiger partial charge in [-0.2, -0.15) is 0 Å². The highest BCUT2D eigenvalue weighted by Crippen LogP contribution is 2.33. The van der Waals surface area contributed by atoms with Gasteiger partial charge in [-0.25, -0.2) is 0 Å². The van der Waals surface area contributed by atoms with E-state index >= 15 is 0 Å². The lowest BCUT2D eigenvalue weighted by Crippen LogP contribution is -1.90. The molecule has 2 aromatic carbocycles. The molecule has 0 heterocycles. The van der Waals surface area contributed by atoms with Crippen LogP contribution in [0.1, 0.15) is 16.7 Å². The summed E-state index contributed by atoms with van der Waals surface area (Å²) in [5.41, 5.74) is 5.45. The molecule has 0 amide bonds. The molecule has 82 valence electrons. The zero-order valence-corrected chi connectivity index (χ0v) is 9.91. The van der Waals surface area contributed by atoms with Gasteiger partial charge in [0, 0.05) is 0 Å². The van der Waals surface area contributed by atoms with Gasteiger partial charge >= 0.3 is 0 Å². The van der Waals surface area contributed by atoms with Crippen LogP contribution in [-0.4, -0.2) is 5.11 Å². The molecule has 1 nitrogen and oxygen atoms in total. The predicted octanol–water partition coefficient (Wildman–Crippen LogP) is 3.98. The quantitative estimate of drug-likeness (QED) is 0.758. The second kappa shape index (κ2) is 4.01. The van der Waals surface area contributed by atoms with Gasteiger partial charge in [-0.15, -0.1) is 0 Å². The van der Waals surface area contributed by atoms with E-state index in [2.05, 4.69) is 19.1 Å². The van der Waals surface area contributed by atoms with Crippen molar-refractivity contribution in [3.05, 3.63) is 53.1 Å². The van der Waals surface area contributed by atoms with Gasteiger partial charge in [0.25, 0.3) is 0 Å². The molecular formula is C15H16O. The monoisotopic (exact) mass is 212 g/mol. The molecule has 0 saturated carbocycles. The molecule has 0 bridgehead atoms. The Hall–Kier alpha value is -1.76. The Morgan fingerprint density at radius 1 is 0.875 bits per heavy atom. The number of aromatic hydroxyl groups is 1. The first-order valence-corrected chi connectivity index (χ1v) is 5.46. The Kier molecular flexibility index (Phi) is 2.69. The fourth-order valence-electron chi connectivity index (χ4n) is 1.99. The van der Waals surface area contributed by atoms with Gasteiger partial charge in [0.05, 0.1) is 0 Å². The number of benzene rings is 2. The van der Waals surface area contributed by atoms with E-state index in [0.29, 0.717) is 5.75 Å². The van der Waals surface area contributed by atoms with Crippen LogP contribution < -0.4 is 0 Å². The molecule has 2 rings (SSSR count). The molecule has 0 unspecified atom stereocenters. The second-order valence-electron chi connectivity index (χ2n) is 4.21. The number of phenolic OH excluding ortho intramolecular Hbond substituents is 1. The van der Waals surface area contributed by atoms with Crippen molar-refractivity contribution in [1.29, 1.82) is 0 Å². The highest BCUT2D eigenvalue weighted by Gasteiger charge is 2.09. The van der Waals surface area contributed by atoms with E-state index in [4.69, 9.17) is 0 Å². The molecule has 2 aromatic rings. The van der Waals surface area contributed by atoms with Gasteiger partial charge in [0.15, 0.2) is 0 Å². The van der Waals surface area contributed by atoms with E-state index in [-0.39, 0.29) is 0 Å². The first kappa shape index (κ1) is 10.7. The molecule has 1 heteroatoms. The summed E-state index contributed by atoms with van der Waals surface area (Å²) in [6, 6.07) is 12.3. The van der Waals surface area contributed by atoms with Crippen LogP contribution in [0.3, 0.4) is 0 Å². The maximum absolute atomic E-state index is 9.86. The van der Waals surface area contributed by atoms with E-state index in [0.717, 1.165) is 16.7 Å². The molecule has 0 aliphatic carbocycles. The van der Waals surface area contributed by atoms with Crippen molar-refractivity contribution in [2.24, 2.45) is 0 Å². The minimum absolute atomic E-state index is 0.414. The molecule has 1 N–H and O–H groups in total. The number of phenols is 1. The maximum Gasteiger partial charge on any atom is 0.121 e. The third-order valence-corrected chi connectivity index (χ3v) is 3.14. The van der Waals surface area contributed by atoms with Crippen LogP contribution in [0.2, 0.25) is 0 Å². The minimum atomic E-state index is 0.414. The Balaban J connectivity index is 2.68. The van der Waals surface area contributed by atoms with Gasteiger partial charge < -0.3 is 5.11 Å². The molecule has 0 fully saturated rings. The normalized spacial score (nSPS) is 10.4. The van der Waals surface area contributed by atoms with E-state index in [9.17, 15) is 5.11 Å². The minimum Gasteiger partial charge on any atom is -0.507 e. The molecule has 0 radical (unpaired) electrons. The Labute approximate surface area is 96.4 Å². The summed E-state index contributed by atoms with van der Waals surface area (Å²) in [5, 5.41) is 9.86. The average Bonchev–Trinajstić information content (AvgIpc) is 2.32. The third kappa shape index (κ3) is 1.69. The van der Waals surface area contributed by atoms with Gasteiger partial charge in [0.1, 0.15) is 5.75 Å². The first-order valence-electron chi connectivity index (χ1n) is 5.46. The molecule has 0 aromatic heterocycles. The number of hydrogen-bond donors (Lipinski definition) is 1. The zero-order chi connectivity index (χ0) is 11.7. The lowest BCUT2D eigenvalue weighted by molar-refractivity contribution is 0.466. The molecule has 0 aliphatic rings. The fraction of sp³-hybridized carbons (Fsp3) is 0.200. The van der Waals surface area contributed by atoms with E-state index in [1.165, 1.54) is 11.1 Å². The topological polar surface area (TPSA) is 20.2 Å². The predicted molar refractivity (Wildman–Crippen MR) is 67.8 cm³/mol. The van der Waals surface area contributed by atoms with E-state index < -0.39 is 0 Å². The van der Waals surface area contributed by atoms with Gasteiger partial charge in [-0.05, 0) is 54.7 Å². The molecule has 0 saturated heterocycles. The SMILES string of the molecule is Cc1cc(-c2ccccc2)c(C)c(C)c1O. The highest BCUT2D eigenvalue weighted by atomic mass is 16.3. The van der Waals surface area contributed by atoms with Crippen molar-refractivity contribution in [3.8, 4) is 16.9 Å². The van der Waals surface area contributed by atoms with Crippen LogP contribution >= 0.6 is 0 Å². The van der Waals surface area contributed by atoms with Crippen LogP contribution in [0.4, 0.5) is 0 Å². The molecule has 0 atom stereocenters. The lowest BCUT2D eigenvalue weighted by atomic mass is 9.94. The number of rotatable bonds is 1. The Morgan fingerprint density at radius 3 is 2.12 bits per heavy atom. The second-order valence-corrected chi connectivity index (χ2v) is 4.21. The number of aryl methyl sites for hydroxylation is 1. The third-order valence-electron chi connectivity index (χ3n) is 3.14. The van der Waals surface area contributed by atoms with E-state index in [1.807, 2.05) is 38.1 Å². The summed E-state index contributed by atoms with van der Waals surface area (Å²) >= 11 is 0. The zero-order valence-electron chi connectivity index (χ0n) is 9.91. The average molecular weight is 212 g/mol. The van der Waals surface area contributed by atoms with Crippen LogP contribution in [0, 0.1) is 20.8 Å². The summed E-state index contributed by atoms with van der Waals surface area (Å²) in [7, 11) is 0. The van der Waals surface area contributed by atoms with Crippen LogP contribution in [0.25, 0.3) is 11.1 Å². The Bertz CT molecular complexity index is 513. The van der Waals surface area contributed by atoms with Crippen molar-refractivity contribution in [2.45, 2.75) is 20.8 Å². The van der Waals surface area contributed by atoms with Gasteiger partial charge in [-0.3, -0.25) is 0 Å². The maximum atomic E-state index is 9.86. The smallest absolute Gasteiger partial charge is 0.121 e. The van der Waals surface area contributed by atoms with Gasteiger partial charge in [-0.1, -0.05) is 30.3 Å². The summed E-state index contributed by atoms with van der Waals surface area (Å²) in [4.78, 5) is 0. The summed E-state index contributed by atoms with van der Waals surface area (Å²) < 4.78 is 0. The van der Waals surface area contributed by atoms with Crippen molar-refractivity contribution in [1.82, 2.24) is 0 Å². The largest absolute Gasteiger partial charge is 0.507 e. The molecule has 0 aliphatic heterocycles. The van der Waals surface area contributed by atoms with E-state index in [1.54, 1.807) is 0 Å². The molecule has 0 spiro atoms. The lowest BCUT2D eigenvalue weighted by Gasteiger charge is -2.13. The fourth-order valence-corrected chi connectivity index (χ4v) is 1.99. The summed E-state index contributed by atoms with van der Waals surface area (Å²) in [6.45, 7) is 5.95. The van der Waals surface area contributed by atoms with Crippen LogP contribution in [0.5, 0.6) is 5.75 Å². The van der Waals surface area contributed by atoms with Gasteiger partial charge in [0.2, 0.25) is 0 Å². The van der Waals surface area contributed by atoms with Crippen molar-refractivity contribution < 1.29 is 5.11 Å². The summed E-state index contributed by atoms with van der Waals surface area (Å²) in [6.07, 6.45) is 0. The van der Waals surface area contributed by atoms with Crippen molar-refractivity contribution in [2.75, 3.05) is 0 Å². The summed E-state index contributed by atoms with van der Waals surface area (Å²) in [5.74, 6) is 0.414.